The van der Waals surface area contributed by atoms with Crippen molar-refractivity contribution in [3.05, 3.63) is 73.0 Å². The summed E-state index contributed by atoms with van der Waals surface area (Å²) in [6, 6.07) is 11.4. The summed E-state index contributed by atoms with van der Waals surface area (Å²) in [5, 5.41) is 7.55. The highest BCUT2D eigenvalue weighted by atomic mass is 16.5. The van der Waals surface area contributed by atoms with E-state index in [1.54, 1.807) is 10.6 Å². The van der Waals surface area contributed by atoms with Gasteiger partial charge in [-0.1, -0.05) is 6.08 Å². The maximum atomic E-state index is 13.0. The molecule has 0 saturated carbocycles. The van der Waals surface area contributed by atoms with Crippen LogP contribution in [0, 0.1) is 6.92 Å². The van der Waals surface area contributed by atoms with Gasteiger partial charge in [-0.15, -0.1) is 0 Å². The van der Waals surface area contributed by atoms with Gasteiger partial charge in [0.2, 0.25) is 5.91 Å². The van der Waals surface area contributed by atoms with Gasteiger partial charge in [0.1, 0.15) is 36.3 Å². The van der Waals surface area contributed by atoms with Gasteiger partial charge in [-0.05, 0) is 56.3 Å². The molecule has 3 aliphatic rings. The highest BCUT2D eigenvalue weighted by Gasteiger charge is 2.35. The zero-order chi connectivity index (χ0) is 30.3. The largest absolute Gasteiger partial charge is 0.487 e. The van der Waals surface area contributed by atoms with Gasteiger partial charge in [-0.25, -0.2) is 24.5 Å². The number of pyridine rings is 2. The lowest BCUT2D eigenvalue weighted by molar-refractivity contribution is -0.129. The van der Waals surface area contributed by atoms with E-state index in [2.05, 4.69) is 35.2 Å². The van der Waals surface area contributed by atoms with E-state index in [1.165, 1.54) is 19.1 Å². The molecule has 1 amide bonds. The first-order chi connectivity index (χ1) is 22.1. The van der Waals surface area contributed by atoms with Crippen molar-refractivity contribution < 1.29 is 14.3 Å². The lowest BCUT2D eigenvalue weighted by Crippen LogP contribution is -2.56. The Morgan fingerprint density at radius 1 is 1.09 bits per heavy atom. The minimum atomic E-state index is -0.0668. The molecule has 2 saturated heterocycles. The molecule has 4 aromatic heterocycles. The van der Waals surface area contributed by atoms with Gasteiger partial charge in [-0.2, -0.15) is 5.10 Å². The van der Waals surface area contributed by atoms with Crippen molar-refractivity contribution in [3.63, 3.8) is 0 Å². The van der Waals surface area contributed by atoms with E-state index >= 15 is 0 Å². The molecule has 13 heteroatoms. The number of aromatic nitrogens is 6. The molecule has 45 heavy (non-hydrogen) atoms. The van der Waals surface area contributed by atoms with Crippen molar-refractivity contribution in [1.82, 2.24) is 39.3 Å². The molecular formula is C32H32N10O3. The zero-order valence-corrected chi connectivity index (χ0v) is 24.8. The Bertz CT molecular complexity index is 1940. The Morgan fingerprint density at radius 2 is 2.02 bits per heavy atom. The van der Waals surface area contributed by atoms with Gasteiger partial charge in [0.05, 0.1) is 11.6 Å². The molecule has 1 aromatic carbocycles. The smallest absolute Gasteiger partial charge is 0.246 e. The van der Waals surface area contributed by atoms with Crippen LogP contribution in [0.1, 0.15) is 12.0 Å². The summed E-state index contributed by atoms with van der Waals surface area (Å²) in [6.07, 6.45) is 9.77. The predicted molar refractivity (Wildman–Crippen MR) is 168 cm³/mol. The molecular weight excluding hydrogens is 572 g/mol. The molecule has 2 bridgehead atoms. The average Bonchev–Trinajstić information content (AvgIpc) is 3.45. The Morgan fingerprint density at radius 3 is 2.89 bits per heavy atom. The number of aryl methyl sites for hydroxylation is 1. The van der Waals surface area contributed by atoms with E-state index < -0.39 is 0 Å². The highest BCUT2D eigenvalue weighted by Crippen LogP contribution is 2.36. The van der Waals surface area contributed by atoms with Crippen molar-refractivity contribution in [2.45, 2.75) is 19.4 Å². The quantitative estimate of drug-likeness (QED) is 0.274. The zero-order valence-electron chi connectivity index (χ0n) is 24.8. The van der Waals surface area contributed by atoms with Crippen LogP contribution in [0.15, 0.2) is 67.4 Å². The number of fused-ring (bicyclic) bond motifs is 6. The number of carbonyl (C=O) groups is 1. The predicted octanol–water partition coefficient (Wildman–Crippen LogP) is 3.58. The van der Waals surface area contributed by atoms with Crippen molar-refractivity contribution in [2.75, 3.05) is 56.1 Å². The van der Waals surface area contributed by atoms with Crippen LogP contribution in [0.5, 0.6) is 17.2 Å². The van der Waals surface area contributed by atoms with Crippen LogP contribution >= 0.6 is 0 Å². The Balaban J connectivity index is 0.997. The SMILES string of the molecule is Cc1cc(Nc2ncnc3cc4c(nc23)N2CCN(C(=O)/C=C/CN3CCC3)[C@@H](CO4)C2)ccc1Oc1ccn2ncnc2c1. The molecule has 0 spiro atoms. The maximum absolute atomic E-state index is 13.0. The summed E-state index contributed by atoms with van der Waals surface area (Å²) in [5.74, 6) is 3.45. The van der Waals surface area contributed by atoms with Crippen LogP contribution < -0.4 is 19.7 Å². The minimum Gasteiger partial charge on any atom is -0.487 e. The number of rotatable bonds is 7. The molecule has 228 valence electrons. The number of hydrogen-bond donors (Lipinski definition) is 1. The van der Waals surface area contributed by atoms with Gasteiger partial charge in [-0.3, -0.25) is 9.69 Å². The highest BCUT2D eigenvalue weighted by molar-refractivity contribution is 5.90. The molecule has 1 N–H and O–H groups in total. The third kappa shape index (κ3) is 5.35. The lowest BCUT2D eigenvalue weighted by atomic mass is 10.1. The van der Waals surface area contributed by atoms with Crippen LogP contribution in [-0.2, 0) is 4.79 Å². The van der Waals surface area contributed by atoms with Gasteiger partial charge in [0, 0.05) is 56.3 Å². The van der Waals surface area contributed by atoms with E-state index in [0.717, 1.165) is 42.5 Å². The topological polar surface area (TPSA) is 126 Å². The van der Waals surface area contributed by atoms with Crippen molar-refractivity contribution in [2.24, 2.45) is 0 Å². The molecule has 8 rings (SSSR count). The second kappa shape index (κ2) is 11.3. The van der Waals surface area contributed by atoms with Crippen molar-refractivity contribution in [1.29, 1.82) is 0 Å². The summed E-state index contributed by atoms with van der Waals surface area (Å²) in [5.41, 5.74) is 3.82. The third-order valence-electron chi connectivity index (χ3n) is 8.54. The summed E-state index contributed by atoms with van der Waals surface area (Å²) in [6.45, 7) is 7.36. The second-order valence-electron chi connectivity index (χ2n) is 11.5. The molecule has 3 aliphatic heterocycles. The first-order valence-electron chi connectivity index (χ1n) is 15.2. The van der Waals surface area contributed by atoms with Crippen LogP contribution in [0.2, 0.25) is 0 Å². The number of amides is 1. The van der Waals surface area contributed by atoms with Crippen LogP contribution in [0.4, 0.5) is 17.3 Å². The van der Waals surface area contributed by atoms with Gasteiger partial charge in [0.15, 0.2) is 23.0 Å². The fraction of sp³-hybridized carbons (Fsp3) is 0.312. The number of anilines is 3. The molecule has 1 atom stereocenters. The number of nitrogens with one attached hydrogen (secondary N) is 1. The van der Waals surface area contributed by atoms with Gasteiger partial charge >= 0.3 is 0 Å². The van der Waals surface area contributed by atoms with Crippen LogP contribution in [0.25, 0.3) is 16.7 Å². The van der Waals surface area contributed by atoms with Crippen molar-refractivity contribution in [3.8, 4) is 17.2 Å². The standard InChI is InChI=1S/C32H32N10O3/c1-21-14-22(5-6-26(21)45-24-7-11-42-28(15-24)34-20-36-42)37-31-30-25(33-19-35-31)16-27-32(38-30)40-12-13-41(23(17-40)18-44-27)29(43)4-2-8-39-9-3-10-39/h2,4-7,11,14-16,19-20,23H,3,8-10,12-13,17-18H2,1H3,(H,33,35,37)/b4-2+/t23-/m1/s1. The number of hydrogen-bond acceptors (Lipinski definition) is 11. The number of ether oxygens (including phenoxy) is 2. The minimum absolute atomic E-state index is 0.0355. The summed E-state index contributed by atoms with van der Waals surface area (Å²) in [7, 11) is 0. The van der Waals surface area contributed by atoms with Crippen LogP contribution in [0.3, 0.4) is 0 Å². The van der Waals surface area contributed by atoms with E-state index in [9.17, 15) is 4.79 Å². The number of piperazine rings is 1. The van der Waals surface area contributed by atoms with E-state index in [4.69, 9.17) is 14.5 Å². The fourth-order valence-electron chi connectivity index (χ4n) is 5.98. The van der Waals surface area contributed by atoms with Gasteiger partial charge < -0.3 is 24.6 Å². The Kier molecular flexibility index (Phi) is 6.86. The van der Waals surface area contributed by atoms with E-state index in [-0.39, 0.29) is 11.9 Å². The molecule has 5 aromatic rings. The molecule has 0 aliphatic carbocycles. The molecule has 0 radical (unpaired) electrons. The number of nitrogens with zero attached hydrogens (tertiary/aromatic N) is 9. The average molecular weight is 605 g/mol. The van der Waals surface area contributed by atoms with Crippen LogP contribution in [-0.4, -0.2) is 97.2 Å². The maximum Gasteiger partial charge on any atom is 0.246 e. The Labute approximate surface area is 259 Å². The number of likely N-dealkylation sites (tertiary alicyclic amines) is 1. The summed E-state index contributed by atoms with van der Waals surface area (Å²) >= 11 is 0. The number of carbonyl (C=O) groups excluding carboxylic acids is 1. The molecule has 13 nitrogen and oxygen atoms in total. The van der Waals surface area contributed by atoms with E-state index in [0.29, 0.717) is 60.2 Å². The van der Waals surface area contributed by atoms with Gasteiger partial charge in [0.25, 0.3) is 0 Å². The lowest BCUT2D eigenvalue weighted by Gasteiger charge is -2.39. The first kappa shape index (κ1) is 27.3. The van der Waals surface area contributed by atoms with E-state index in [1.807, 2.05) is 60.5 Å². The van der Waals surface area contributed by atoms with Crippen molar-refractivity contribution >= 4 is 39.9 Å². The monoisotopic (exact) mass is 604 g/mol. The summed E-state index contributed by atoms with van der Waals surface area (Å²) in [4.78, 5) is 37.7. The summed E-state index contributed by atoms with van der Waals surface area (Å²) < 4.78 is 14.1. The normalized spacial score (nSPS) is 18.0. The Hall–Kier alpha value is -5.30. The third-order valence-corrected chi connectivity index (χ3v) is 8.54. The molecule has 7 heterocycles. The first-order valence-corrected chi connectivity index (χ1v) is 15.2. The molecule has 0 unspecified atom stereocenters. The second-order valence-corrected chi connectivity index (χ2v) is 11.5. The molecule has 2 fully saturated rings. The fourth-order valence-corrected chi connectivity index (χ4v) is 5.98. The number of benzene rings is 1.